The summed E-state index contributed by atoms with van der Waals surface area (Å²) >= 11 is 14.1. The van der Waals surface area contributed by atoms with Crippen LogP contribution in [-0.4, -0.2) is 29.2 Å². The molecule has 5 nitrogen and oxygen atoms in total. The van der Waals surface area contributed by atoms with Crippen LogP contribution in [0, 0.1) is 0 Å². The van der Waals surface area contributed by atoms with Gasteiger partial charge in [0.1, 0.15) is 24.7 Å². The van der Waals surface area contributed by atoms with Gasteiger partial charge in [-0.3, -0.25) is 14.5 Å². The van der Waals surface area contributed by atoms with Crippen LogP contribution in [-0.2, 0) is 11.4 Å². The fourth-order valence-corrected chi connectivity index (χ4v) is 5.69. The standard InChI is InChI=1S/C25H18Br2ClNO4S/c26-18-12-17(13-19(27)23(18)33-15-16-6-2-1-3-7-16)14-22-24(30)29(25(31)34-22)10-11-32-21-9-5-4-8-20(21)28/h1-9,12-14H,10-11,15H2/b22-14-. The number of rotatable bonds is 8. The summed E-state index contributed by atoms with van der Waals surface area (Å²) in [5.41, 5.74) is 1.81. The lowest BCUT2D eigenvalue weighted by atomic mass is 10.2. The van der Waals surface area contributed by atoms with E-state index in [1.165, 1.54) is 4.90 Å². The summed E-state index contributed by atoms with van der Waals surface area (Å²) in [4.78, 5) is 26.7. The van der Waals surface area contributed by atoms with Crippen LogP contribution in [0.15, 0.2) is 80.6 Å². The highest BCUT2D eigenvalue weighted by atomic mass is 79.9. The molecule has 1 aliphatic rings. The lowest BCUT2D eigenvalue weighted by Crippen LogP contribution is -2.32. The number of benzene rings is 3. The van der Waals surface area contributed by atoms with Gasteiger partial charge in [-0.2, -0.15) is 0 Å². The molecule has 34 heavy (non-hydrogen) atoms. The number of halogens is 3. The van der Waals surface area contributed by atoms with Gasteiger partial charge >= 0.3 is 0 Å². The molecule has 1 fully saturated rings. The molecule has 3 aromatic rings. The molecule has 4 rings (SSSR count). The molecule has 3 aromatic carbocycles. The molecule has 2 amide bonds. The van der Waals surface area contributed by atoms with Crippen molar-refractivity contribution >= 4 is 72.4 Å². The second-order valence-electron chi connectivity index (χ2n) is 7.20. The molecule has 9 heteroatoms. The smallest absolute Gasteiger partial charge is 0.293 e. The minimum atomic E-state index is -0.352. The first-order valence-electron chi connectivity index (χ1n) is 10.2. The second kappa shape index (κ2) is 11.4. The Balaban J connectivity index is 1.41. The van der Waals surface area contributed by atoms with Crippen LogP contribution >= 0.6 is 55.2 Å². The van der Waals surface area contributed by atoms with Crippen LogP contribution in [0.4, 0.5) is 4.79 Å². The largest absolute Gasteiger partial charge is 0.490 e. The normalized spacial score (nSPS) is 14.7. The highest BCUT2D eigenvalue weighted by Gasteiger charge is 2.34. The van der Waals surface area contributed by atoms with E-state index in [1.54, 1.807) is 30.3 Å². The molecule has 0 radical (unpaired) electrons. The minimum Gasteiger partial charge on any atom is -0.490 e. The number of thioether (sulfide) groups is 1. The van der Waals surface area contributed by atoms with Gasteiger partial charge in [0.25, 0.3) is 11.1 Å². The molecule has 1 aliphatic heterocycles. The Bertz CT molecular complexity index is 1230. The van der Waals surface area contributed by atoms with Crippen LogP contribution in [0.1, 0.15) is 11.1 Å². The summed E-state index contributed by atoms with van der Waals surface area (Å²) in [5.74, 6) is 0.816. The van der Waals surface area contributed by atoms with E-state index in [-0.39, 0.29) is 24.3 Å². The highest BCUT2D eigenvalue weighted by molar-refractivity contribution is 9.11. The lowest BCUT2D eigenvalue weighted by molar-refractivity contribution is -0.123. The zero-order valence-electron chi connectivity index (χ0n) is 17.7. The third kappa shape index (κ3) is 6.05. The van der Waals surface area contributed by atoms with Crippen LogP contribution in [0.2, 0.25) is 5.02 Å². The van der Waals surface area contributed by atoms with Crippen molar-refractivity contribution in [2.24, 2.45) is 0 Å². The van der Waals surface area contributed by atoms with Crippen molar-refractivity contribution in [2.45, 2.75) is 6.61 Å². The summed E-state index contributed by atoms with van der Waals surface area (Å²) in [7, 11) is 0. The Kier molecular flexibility index (Phi) is 8.37. The average molecular weight is 624 g/mol. The van der Waals surface area contributed by atoms with E-state index in [0.717, 1.165) is 31.8 Å². The van der Waals surface area contributed by atoms with Crippen molar-refractivity contribution in [3.8, 4) is 11.5 Å². The van der Waals surface area contributed by atoms with Crippen molar-refractivity contribution in [3.63, 3.8) is 0 Å². The maximum atomic E-state index is 12.8. The predicted molar refractivity (Wildman–Crippen MR) is 142 cm³/mol. The van der Waals surface area contributed by atoms with Gasteiger partial charge in [0.2, 0.25) is 0 Å². The van der Waals surface area contributed by atoms with Gasteiger partial charge in [-0.15, -0.1) is 0 Å². The molecule has 0 saturated carbocycles. The predicted octanol–water partition coefficient (Wildman–Crippen LogP) is 7.56. The summed E-state index contributed by atoms with van der Waals surface area (Å²) in [6.45, 7) is 0.707. The van der Waals surface area contributed by atoms with E-state index < -0.39 is 0 Å². The SMILES string of the molecule is O=C1S/C(=C\c2cc(Br)c(OCc3ccccc3)c(Br)c2)C(=O)N1CCOc1ccccc1Cl. The van der Waals surface area contributed by atoms with Gasteiger partial charge in [0.15, 0.2) is 0 Å². The number of hydrogen-bond acceptors (Lipinski definition) is 5. The molecule has 0 unspecified atom stereocenters. The van der Waals surface area contributed by atoms with Gasteiger partial charge in [-0.05, 0) is 85.1 Å². The molecule has 0 spiro atoms. The summed E-state index contributed by atoms with van der Waals surface area (Å²) in [6.07, 6.45) is 1.69. The van der Waals surface area contributed by atoms with E-state index in [9.17, 15) is 9.59 Å². The fourth-order valence-electron chi connectivity index (χ4n) is 3.18. The molecular weight excluding hydrogens is 606 g/mol. The Labute approximate surface area is 223 Å². The molecule has 1 heterocycles. The van der Waals surface area contributed by atoms with Gasteiger partial charge in [0.05, 0.1) is 25.4 Å². The zero-order valence-corrected chi connectivity index (χ0v) is 22.4. The molecule has 0 atom stereocenters. The number of hydrogen-bond donors (Lipinski definition) is 0. The highest BCUT2D eigenvalue weighted by Crippen LogP contribution is 2.38. The maximum absolute atomic E-state index is 12.8. The molecule has 1 saturated heterocycles. The van der Waals surface area contributed by atoms with Crippen LogP contribution < -0.4 is 9.47 Å². The quantitative estimate of drug-likeness (QED) is 0.243. The molecule has 0 N–H and O–H groups in total. The Morgan fingerprint density at radius 2 is 1.62 bits per heavy atom. The topological polar surface area (TPSA) is 55.8 Å². The van der Waals surface area contributed by atoms with Crippen molar-refractivity contribution in [1.29, 1.82) is 0 Å². The van der Waals surface area contributed by atoms with Crippen LogP contribution in [0.5, 0.6) is 11.5 Å². The van der Waals surface area contributed by atoms with E-state index in [4.69, 9.17) is 21.1 Å². The third-order valence-electron chi connectivity index (χ3n) is 4.83. The number of carbonyl (C=O) groups excluding carboxylic acids is 2. The number of amides is 2. The first-order chi connectivity index (χ1) is 16.4. The summed E-state index contributed by atoms with van der Waals surface area (Å²) in [5, 5.41) is 0.142. The Morgan fingerprint density at radius 1 is 0.941 bits per heavy atom. The van der Waals surface area contributed by atoms with E-state index in [1.807, 2.05) is 42.5 Å². The first-order valence-corrected chi connectivity index (χ1v) is 13.0. The van der Waals surface area contributed by atoms with Crippen molar-refractivity contribution < 1.29 is 19.1 Å². The average Bonchev–Trinajstić information content (AvgIpc) is 3.07. The fraction of sp³-hybridized carbons (Fsp3) is 0.120. The number of nitrogens with zero attached hydrogens (tertiary/aromatic N) is 1. The maximum Gasteiger partial charge on any atom is 0.293 e. The summed E-state index contributed by atoms with van der Waals surface area (Å²) in [6, 6.07) is 20.6. The Morgan fingerprint density at radius 3 is 2.32 bits per heavy atom. The van der Waals surface area contributed by atoms with Gasteiger partial charge < -0.3 is 9.47 Å². The number of ether oxygens (including phenoxy) is 2. The number of para-hydroxylation sites is 1. The van der Waals surface area contributed by atoms with Gasteiger partial charge in [0, 0.05) is 0 Å². The lowest BCUT2D eigenvalue weighted by Gasteiger charge is -2.14. The minimum absolute atomic E-state index is 0.132. The number of imide groups is 1. The van der Waals surface area contributed by atoms with E-state index >= 15 is 0 Å². The van der Waals surface area contributed by atoms with E-state index in [2.05, 4.69) is 31.9 Å². The molecule has 174 valence electrons. The summed E-state index contributed by atoms with van der Waals surface area (Å²) < 4.78 is 13.0. The second-order valence-corrected chi connectivity index (χ2v) is 10.3. The molecule has 0 aliphatic carbocycles. The first kappa shape index (κ1) is 24.9. The van der Waals surface area contributed by atoms with Crippen LogP contribution in [0.3, 0.4) is 0 Å². The Hall–Kier alpha value is -2.26. The van der Waals surface area contributed by atoms with Crippen LogP contribution in [0.25, 0.3) is 6.08 Å². The molecular formula is C25H18Br2ClNO4S. The molecule has 0 aromatic heterocycles. The number of carbonyl (C=O) groups is 2. The van der Waals surface area contributed by atoms with Crippen molar-refractivity contribution in [1.82, 2.24) is 4.90 Å². The van der Waals surface area contributed by atoms with E-state index in [0.29, 0.717) is 28.0 Å². The van der Waals surface area contributed by atoms with Crippen molar-refractivity contribution in [3.05, 3.63) is 96.7 Å². The monoisotopic (exact) mass is 621 g/mol. The van der Waals surface area contributed by atoms with Gasteiger partial charge in [-0.1, -0.05) is 54.1 Å². The molecule has 0 bridgehead atoms. The third-order valence-corrected chi connectivity index (χ3v) is 7.22. The van der Waals surface area contributed by atoms with Gasteiger partial charge in [-0.25, -0.2) is 0 Å². The van der Waals surface area contributed by atoms with Crippen molar-refractivity contribution in [2.75, 3.05) is 13.2 Å². The zero-order chi connectivity index (χ0) is 24.1.